The first-order valence-electron chi connectivity index (χ1n) is 5.23. The predicted octanol–water partition coefficient (Wildman–Crippen LogP) is 5.10. The van der Waals surface area contributed by atoms with E-state index in [4.69, 9.17) is 0 Å². The molecule has 0 heterocycles. The fourth-order valence-corrected chi connectivity index (χ4v) is 1.01. The van der Waals surface area contributed by atoms with Crippen molar-refractivity contribution in [2.75, 3.05) is 0 Å². The van der Waals surface area contributed by atoms with Gasteiger partial charge in [-0.1, -0.05) is 0 Å². The maximum atomic E-state index is 12.4. The highest BCUT2D eigenvalue weighted by molar-refractivity contribution is 5.02. The predicted molar refractivity (Wildman–Crippen MR) is 51.2 cm³/mol. The molecular weight excluding hydrogens is 364 g/mol. The molecule has 0 aromatic heterocycles. The molecule has 0 fully saturated rings. The molecular formula is C10H6F12O. The summed E-state index contributed by atoms with van der Waals surface area (Å²) in [5.41, 5.74) is 0. The van der Waals surface area contributed by atoms with Crippen molar-refractivity contribution in [3.05, 3.63) is 24.3 Å². The van der Waals surface area contributed by atoms with Gasteiger partial charge in [-0.3, -0.25) is 0 Å². The summed E-state index contributed by atoms with van der Waals surface area (Å²) in [5.74, 6) is 0. The maximum absolute atomic E-state index is 12.4. The smallest absolute Gasteiger partial charge is 0.348 e. The lowest BCUT2D eigenvalue weighted by Gasteiger charge is -2.24. The third-order valence-electron chi connectivity index (χ3n) is 1.86. The van der Waals surface area contributed by atoms with Gasteiger partial charge in [-0.2, -0.15) is 52.7 Å². The van der Waals surface area contributed by atoms with Crippen LogP contribution in [-0.4, -0.2) is 36.9 Å². The summed E-state index contributed by atoms with van der Waals surface area (Å²) in [4.78, 5) is 0. The van der Waals surface area contributed by atoms with Crippen molar-refractivity contribution in [1.29, 1.82) is 0 Å². The van der Waals surface area contributed by atoms with Gasteiger partial charge in [0.25, 0.3) is 0 Å². The van der Waals surface area contributed by atoms with E-state index in [0.29, 0.717) is 0 Å². The molecule has 1 nitrogen and oxygen atoms in total. The van der Waals surface area contributed by atoms with E-state index in [1.807, 2.05) is 0 Å². The van der Waals surface area contributed by atoms with Crippen molar-refractivity contribution < 1.29 is 57.4 Å². The van der Waals surface area contributed by atoms with Gasteiger partial charge in [0, 0.05) is 12.2 Å². The number of ether oxygens (including phenoxy) is 1. The molecule has 0 aliphatic carbocycles. The standard InChI is InChI=1S/C10H6F12O/c11-7(12,13)3-1-5(9(17,18)19)23-6(10(20,21)22)2-4-8(14,15)16/h1-6H. The largest absolute Gasteiger partial charge is 0.418 e. The first-order chi connectivity index (χ1) is 9.92. The normalized spacial score (nSPS) is 17.9. The van der Waals surface area contributed by atoms with E-state index in [0.717, 1.165) is 0 Å². The number of hydrogen-bond acceptors (Lipinski definition) is 1. The van der Waals surface area contributed by atoms with Crippen molar-refractivity contribution in [2.45, 2.75) is 36.9 Å². The average Bonchev–Trinajstić information content (AvgIpc) is 2.21. The molecule has 2 atom stereocenters. The zero-order valence-electron chi connectivity index (χ0n) is 10.4. The minimum absolute atomic E-state index is 0.778. The number of halogens is 12. The summed E-state index contributed by atoms with van der Waals surface area (Å²) in [6.45, 7) is 0. The SMILES string of the molecule is FC(F)(F)C=CC(OC(C=CC(F)(F)F)C(F)(F)F)C(F)(F)F. The van der Waals surface area contributed by atoms with Crippen LogP contribution in [0.2, 0.25) is 0 Å². The zero-order chi connectivity index (χ0) is 18.7. The van der Waals surface area contributed by atoms with E-state index in [2.05, 4.69) is 4.74 Å². The molecule has 0 saturated heterocycles. The topological polar surface area (TPSA) is 9.23 Å². The van der Waals surface area contributed by atoms with Crippen molar-refractivity contribution in [3.8, 4) is 0 Å². The number of rotatable bonds is 4. The molecule has 23 heavy (non-hydrogen) atoms. The van der Waals surface area contributed by atoms with Gasteiger partial charge < -0.3 is 4.74 Å². The minimum atomic E-state index is -5.71. The molecule has 0 aliphatic rings. The van der Waals surface area contributed by atoms with Crippen LogP contribution in [0.1, 0.15) is 0 Å². The van der Waals surface area contributed by atoms with Gasteiger partial charge in [0.15, 0.2) is 12.2 Å². The van der Waals surface area contributed by atoms with E-state index in [9.17, 15) is 52.7 Å². The van der Waals surface area contributed by atoms with E-state index < -0.39 is 61.2 Å². The lowest BCUT2D eigenvalue weighted by molar-refractivity contribution is -0.263. The van der Waals surface area contributed by atoms with Crippen molar-refractivity contribution >= 4 is 0 Å². The third-order valence-corrected chi connectivity index (χ3v) is 1.86. The molecule has 0 aromatic rings. The Kier molecular flexibility index (Phi) is 6.58. The molecule has 0 saturated carbocycles. The zero-order valence-corrected chi connectivity index (χ0v) is 10.4. The second-order valence-electron chi connectivity index (χ2n) is 3.86. The van der Waals surface area contributed by atoms with E-state index >= 15 is 0 Å². The molecule has 136 valence electrons. The fraction of sp³-hybridized carbons (Fsp3) is 0.600. The van der Waals surface area contributed by atoms with E-state index in [1.54, 1.807) is 0 Å². The molecule has 13 heteroatoms. The molecule has 0 radical (unpaired) electrons. The van der Waals surface area contributed by atoms with Crippen LogP contribution in [0.5, 0.6) is 0 Å². The van der Waals surface area contributed by atoms with Crippen LogP contribution in [0, 0.1) is 0 Å². The molecule has 0 bridgehead atoms. The van der Waals surface area contributed by atoms with Crippen LogP contribution in [0.15, 0.2) is 24.3 Å². The van der Waals surface area contributed by atoms with Crippen molar-refractivity contribution in [1.82, 2.24) is 0 Å². The van der Waals surface area contributed by atoms with E-state index in [1.165, 1.54) is 0 Å². The highest BCUT2D eigenvalue weighted by Crippen LogP contribution is 2.32. The quantitative estimate of drug-likeness (QED) is 0.494. The lowest BCUT2D eigenvalue weighted by Crippen LogP contribution is -2.39. The molecule has 0 spiro atoms. The second kappa shape index (κ2) is 7.01. The van der Waals surface area contributed by atoms with Gasteiger partial charge in [-0.15, -0.1) is 0 Å². The monoisotopic (exact) mass is 370 g/mol. The molecule has 0 rings (SSSR count). The Morgan fingerprint density at radius 1 is 0.522 bits per heavy atom. The van der Waals surface area contributed by atoms with Gasteiger partial charge in [0.05, 0.1) is 0 Å². The molecule has 0 N–H and O–H groups in total. The summed E-state index contributed by atoms with van der Waals surface area (Å²) in [6.07, 6.45) is -33.1. The number of allylic oxidation sites excluding steroid dienone is 2. The molecule has 0 amide bonds. The Morgan fingerprint density at radius 2 is 0.783 bits per heavy atom. The van der Waals surface area contributed by atoms with Gasteiger partial charge in [0.1, 0.15) is 0 Å². The van der Waals surface area contributed by atoms with Crippen LogP contribution < -0.4 is 0 Å². The average molecular weight is 370 g/mol. The first kappa shape index (κ1) is 21.6. The molecule has 0 aliphatic heterocycles. The summed E-state index contributed by atoms with van der Waals surface area (Å²) >= 11 is 0. The Balaban J connectivity index is 5.46. The van der Waals surface area contributed by atoms with Crippen LogP contribution in [0.25, 0.3) is 0 Å². The van der Waals surface area contributed by atoms with Crippen molar-refractivity contribution in [3.63, 3.8) is 0 Å². The van der Waals surface area contributed by atoms with Gasteiger partial charge >= 0.3 is 24.7 Å². The molecule has 2 unspecified atom stereocenters. The van der Waals surface area contributed by atoms with Crippen LogP contribution >= 0.6 is 0 Å². The third kappa shape index (κ3) is 10.1. The fourth-order valence-electron chi connectivity index (χ4n) is 1.01. The van der Waals surface area contributed by atoms with Gasteiger partial charge in [-0.25, -0.2) is 0 Å². The summed E-state index contributed by atoms with van der Waals surface area (Å²) in [6, 6.07) is 0. The van der Waals surface area contributed by atoms with Gasteiger partial charge in [0.2, 0.25) is 0 Å². The Bertz CT molecular complexity index is 381. The first-order valence-corrected chi connectivity index (χ1v) is 5.23. The highest BCUT2D eigenvalue weighted by Gasteiger charge is 2.47. The summed E-state index contributed by atoms with van der Waals surface area (Å²) in [7, 11) is 0. The summed E-state index contributed by atoms with van der Waals surface area (Å²) < 4.78 is 148. The Morgan fingerprint density at radius 3 is 0.957 bits per heavy atom. The highest BCUT2D eigenvalue weighted by atomic mass is 19.4. The maximum Gasteiger partial charge on any atom is 0.418 e. The van der Waals surface area contributed by atoms with Crippen LogP contribution in [-0.2, 0) is 4.74 Å². The molecule has 0 aromatic carbocycles. The number of hydrogen-bond donors (Lipinski definition) is 0. The second-order valence-corrected chi connectivity index (χ2v) is 3.86. The Labute approximate surface area is 120 Å². The number of alkyl halides is 12. The summed E-state index contributed by atoms with van der Waals surface area (Å²) in [5, 5.41) is 0. The lowest BCUT2D eigenvalue weighted by atomic mass is 10.2. The van der Waals surface area contributed by atoms with Crippen LogP contribution in [0.3, 0.4) is 0 Å². The van der Waals surface area contributed by atoms with Crippen LogP contribution in [0.4, 0.5) is 52.7 Å². The Hall–Kier alpha value is -1.40. The minimum Gasteiger partial charge on any atom is -0.348 e. The van der Waals surface area contributed by atoms with E-state index in [-0.39, 0.29) is 0 Å². The van der Waals surface area contributed by atoms with Gasteiger partial charge in [-0.05, 0) is 12.2 Å². The van der Waals surface area contributed by atoms with Crippen molar-refractivity contribution in [2.24, 2.45) is 0 Å².